The van der Waals surface area contributed by atoms with E-state index >= 15 is 0 Å². The van der Waals surface area contributed by atoms with Crippen molar-refractivity contribution in [1.29, 1.82) is 0 Å². The number of amides is 1. The predicted molar refractivity (Wildman–Crippen MR) is 107 cm³/mol. The van der Waals surface area contributed by atoms with E-state index < -0.39 is 47.0 Å². The Labute approximate surface area is 180 Å². The number of halogens is 3. The molecule has 0 spiro atoms. The monoisotopic (exact) mass is 453 g/mol. The van der Waals surface area contributed by atoms with Crippen LogP contribution in [-0.2, 0) is 17.5 Å². The van der Waals surface area contributed by atoms with Gasteiger partial charge in [0.1, 0.15) is 17.8 Å². The molecule has 0 saturated heterocycles. The zero-order valence-electron chi connectivity index (χ0n) is 17.0. The van der Waals surface area contributed by atoms with Crippen molar-refractivity contribution >= 4 is 11.9 Å². The smallest absolute Gasteiger partial charge is 0.416 e. The number of carbonyl (C=O) groups is 2. The number of hydrogen-bond donors (Lipinski definition) is 3. The predicted octanol–water partition coefficient (Wildman–Crippen LogP) is 2.88. The molecule has 8 nitrogen and oxygen atoms in total. The third kappa shape index (κ3) is 5.27. The highest BCUT2D eigenvalue weighted by molar-refractivity contribution is 5.98. The number of nitrogens with one attached hydrogen (secondary N) is 1. The zero-order valence-corrected chi connectivity index (χ0v) is 17.0. The van der Waals surface area contributed by atoms with Crippen LogP contribution in [0.3, 0.4) is 0 Å². The number of carboxylic acids is 1. The summed E-state index contributed by atoms with van der Waals surface area (Å²) in [5, 5.41) is 25.7. The van der Waals surface area contributed by atoms with Crippen LogP contribution in [0.4, 0.5) is 13.2 Å². The van der Waals surface area contributed by atoms with Crippen molar-refractivity contribution in [3.63, 3.8) is 0 Å². The van der Waals surface area contributed by atoms with Gasteiger partial charge in [0.05, 0.1) is 12.1 Å². The molecule has 3 rings (SSSR count). The number of nitrogens with zero attached hydrogens (tertiary/aromatic N) is 2. The Morgan fingerprint density at radius 1 is 1.12 bits per heavy atom. The van der Waals surface area contributed by atoms with Crippen molar-refractivity contribution in [2.45, 2.75) is 50.7 Å². The number of carbonyl (C=O) groups excluding carboxylic acids is 1. The number of carboxylic acid groups (broad SMARTS) is 1. The first-order chi connectivity index (χ1) is 15.1. The molecule has 0 bridgehead atoms. The molecule has 32 heavy (non-hydrogen) atoms. The molecular formula is C21H22F3N3O5. The van der Waals surface area contributed by atoms with Gasteiger partial charge in [0, 0.05) is 5.92 Å². The Kier molecular flexibility index (Phi) is 6.85. The van der Waals surface area contributed by atoms with Crippen LogP contribution >= 0.6 is 0 Å². The maximum absolute atomic E-state index is 12.9. The van der Waals surface area contributed by atoms with Gasteiger partial charge in [-0.25, -0.2) is 4.68 Å². The van der Waals surface area contributed by atoms with Gasteiger partial charge in [-0.3, -0.25) is 14.4 Å². The number of hydrogen-bond acceptors (Lipinski definition) is 5. The number of aliphatic carboxylic acids is 1. The van der Waals surface area contributed by atoms with E-state index in [0.29, 0.717) is 18.4 Å². The van der Waals surface area contributed by atoms with E-state index in [-0.39, 0.29) is 18.2 Å². The minimum Gasteiger partial charge on any atom is -0.505 e. The molecule has 1 fully saturated rings. The summed E-state index contributed by atoms with van der Waals surface area (Å²) in [4.78, 5) is 36.2. The van der Waals surface area contributed by atoms with Crippen molar-refractivity contribution in [3.05, 3.63) is 57.0 Å². The average molecular weight is 453 g/mol. The van der Waals surface area contributed by atoms with Crippen molar-refractivity contribution in [3.8, 4) is 5.75 Å². The van der Waals surface area contributed by atoms with Crippen molar-refractivity contribution < 1.29 is 33.0 Å². The van der Waals surface area contributed by atoms with Crippen LogP contribution in [0.15, 0.2) is 29.1 Å². The van der Waals surface area contributed by atoms with Gasteiger partial charge in [-0.15, -0.1) is 0 Å². The van der Waals surface area contributed by atoms with Gasteiger partial charge in [0.25, 0.3) is 11.5 Å². The summed E-state index contributed by atoms with van der Waals surface area (Å²) in [6.07, 6.45) is -0.358. The molecule has 0 aliphatic heterocycles. The minimum absolute atomic E-state index is 0.150. The Hall–Kier alpha value is -3.37. The Balaban J connectivity index is 2.02. The summed E-state index contributed by atoms with van der Waals surface area (Å²) >= 11 is 0. The van der Waals surface area contributed by atoms with Crippen LogP contribution in [0, 0.1) is 0 Å². The van der Waals surface area contributed by atoms with Crippen LogP contribution in [0.1, 0.15) is 65.2 Å². The molecule has 1 heterocycles. The first kappa shape index (κ1) is 23.3. The molecule has 11 heteroatoms. The maximum atomic E-state index is 12.9. The summed E-state index contributed by atoms with van der Waals surface area (Å²) in [7, 11) is 0. The average Bonchev–Trinajstić information content (AvgIpc) is 2.74. The van der Waals surface area contributed by atoms with Crippen LogP contribution in [0.25, 0.3) is 0 Å². The van der Waals surface area contributed by atoms with Gasteiger partial charge >= 0.3 is 12.1 Å². The lowest BCUT2D eigenvalue weighted by Crippen LogP contribution is -2.37. The topological polar surface area (TPSA) is 122 Å². The molecule has 172 valence electrons. The number of benzene rings is 1. The van der Waals surface area contributed by atoms with E-state index in [4.69, 9.17) is 5.11 Å². The highest BCUT2D eigenvalue weighted by Crippen LogP contribution is 2.36. The molecule has 0 radical (unpaired) electrons. The van der Waals surface area contributed by atoms with Gasteiger partial charge in [0.2, 0.25) is 0 Å². The first-order valence-electron chi connectivity index (χ1n) is 10.1. The van der Waals surface area contributed by atoms with Crippen LogP contribution in [0.2, 0.25) is 0 Å². The Morgan fingerprint density at radius 3 is 2.31 bits per heavy atom. The SMILES string of the molecule is O=C(O)CNC(=O)c1c(O)c(C2CCCCC2)nn(Cc2ccc(C(F)(F)F)cc2)c1=O. The van der Waals surface area contributed by atoms with Gasteiger partial charge < -0.3 is 15.5 Å². The molecule has 1 aromatic carbocycles. The van der Waals surface area contributed by atoms with Crippen molar-refractivity contribution in [1.82, 2.24) is 15.1 Å². The lowest BCUT2D eigenvalue weighted by molar-refractivity contribution is -0.138. The van der Waals surface area contributed by atoms with Gasteiger partial charge in [-0.2, -0.15) is 18.3 Å². The van der Waals surface area contributed by atoms with E-state index in [1.165, 1.54) is 12.1 Å². The summed E-state index contributed by atoms with van der Waals surface area (Å²) in [6, 6.07) is 4.16. The van der Waals surface area contributed by atoms with Crippen molar-refractivity contribution in [2.24, 2.45) is 0 Å². The van der Waals surface area contributed by atoms with E-state index in [2.05, 4.69) is 10.4 Å². The van der Waals surface area contributed by atoms with Crippen LogP contribution in [-0.4, -0.2) is 38.4 Å². The lowest BCUT2D eigenvalue weighted by atomic mass is 9.86. The molecule has 0 unspecified atom stereocenters. The largest absolute Gasteiger partial charge is 0.505 e. The second-order valence-electron chi connectivity index (χ2n) is 7.68. The molecule has 0 atom stereocenters. The van der Waals surface area contributed by atoms with E-state index in [9.17, 15) is 32.7 Å². The summed E-state index contributed by atoms with van der Waals surface area (Å²) in [6.45, 7) is -0.978. The quantitative estimate of drug-likeness (QED) is 0.619. The lowest BCUT2D eigenvalue weighted by Gasteiger charge is -2.23. The molecule has 1 aliphatic carbocycles. The Morgan fingerprint density at radius 2 is 1.75 bits per heavy atom. The Bertz CT molecular complexity index is 1060. The molecule has 1 saturated carbocycles. The second-order valence-corrected chi connectivity index (χ2v) is 7.68. The number of aromatic hydroxyl groups is 1. The standard InChI is InChI=1S/C21H22F3N3O5/c22-21(23,24)14-8-6-12(7-9-14)11-27-20(32)16(19(31)25-10-15(28)29)18(30)17(26-27)13-4-2-1-3-5-13/h6-9,13,30H,1-5,10-11H2,(H,25,31)(H,28,29). The van der Waals surface area contributed by atoms with Gasteiger partial charge in [0.15, 0.2) is 5.75 Å². The van der Waals surface area contributed by atoms with Gasteiger partial charge in [-0.05, 0) is 30.5 Å². The van der Waals surface area contributed by atoms with Crippen LogP contribution < -0.4 is 10.9 Å². The molecule has 1 aromatic heterocycles. The third-order valence-electron chi connectivity index (χ3n) is 5.39. The van der Waals surface area contributed by atoms with E-state index in [1.807, 2.05) is 0 Å². The first-order valence-corrected chi connectivity index (χ1v) is 10.1. The molecule has 3 N–H and O–H groups in total. The fourth-order valence-electron chi connectivity index (χ4n) is 3.76. The molecular weight excluding hydrogens is 431 g/mol. The minimum atomic E-state index is -4.50. The second kappa shape index (κ2) is 9.41. The van der Waals surface area contributed by atoms with Gasteiger partial charge in [-0.1, -0.05) is 31.4 Å². The highest BCUT2D eigenvalue weighted by atomic mass is 19.4. The normalized spacial score (nSPS) is 14.8. The summed E-state index contributed by atoms with van der Waals surface area (Å²) in [5.41, 5.74) is -1.95. The van der Waals surface area contributed by atoms with Crippen molar-refractivity contribution in [2.75, 3.05) is 6.54 Å². The fourth-order valence-corrected chi connectivity index (χ4v) is 3.76. The summed E-state index contributed by atoms with van der Waals surface area (Å²) < 4.78 is 39.3. The number of alkyl halides is 3. The van der Waals surface area contributed by atoms with Crippen LogP contribution in [0.5, 0.6) is 5.75 Å². The highest BCUT2D eigenvalue weighted by Gasteiger charge is 2.31. The molecule has 2 aromatic rings. The third-order valence-corrected chi connectivity index (χ3v) is 5.39. The summed E-state index contributed by atoms with van der Waals surface area (Å²) in [5.74, 6) is -3.18. The number of rotatable bonds is 6. The van der Waals surface area contributed by atoms with E-state index in [0.717, 1.165) is 36.1 Å². The molecule has 1 aliphatic rings. The maximum Gasteiger partial charge on any atom is 0.416 e. The molecule has 1 amide bonds. The fraction of sp³-hybridized carbons (Fsp3) is 0.429. The zero-order chi connectivity index (χ0) is 23.5. The van der Waals surface area contributed by atoms with E-state index in [1.54, 1.807) is 0 Å². The number of aromatic nitrogens is 2.